The molecule has 0 bridgehead atoms. The zero-order valence-corrected chi connectivity index (χ0v) is 14.3. The number of amides is 1. The number of nitrogens with one attached hydrogen (secondary N) is 1. The number of aryl methyl sites for hydroxylation is 2. The van der Waals surface area contributed by atoms with Gasteiger partial charge in [0.05, 0.1) is 4.47 Å². The molecule has 2 heterocycles. The number of aromatic amines is 1. The van der Waals surface area contributed by atoms with Crippen LogP contribution in [0, 0.1) is 6.92 Å². The molecule has 5 heteroatoms. The summed E-state index contributed by atoms with van der Waals surface area (Å²) in [6.07, 6.45) is 4.18. The van der Waals surface area contributed by atoms with Crippen molar-refractivity contribution >= 4 is 21.8 Å². The third-order valence-electron chi connectivity index (χ3n) is 4.32. The van der Waals surface area contributed by atoms with Gasteiger partial charge in [-0.3, -0.25) is 9.89 Å². The van der Waals surface area contributed by atoms with Crippen molar-refractivity contribution in [3.63, 3.8) is 0 Å². The second-order valence-electron chi connectivity index (χ2n) is 5.83. The van der Waals surface area contributed by atoms with Gasteiger partial charge in [0.15, 0.2) is 5.69 Å². The van der Waals surface area contributed by atoms with Gasteiger partial charge in [-0.25, -0.2) is 0 Å². The highest BCUT2D eigenvalue weighted by Gasteiger charge is 2.31. The summed E-state index contributed by atoms with van der Waals surface area (Å²) >= 11 is 3.45. The van der Waals surface area contributed by atoms with E-state index < -0.39 is 0 Å². The van der Waals surface area contributed by atoms with Gasteiger partial charge in [-0.05, 0) is 54.1 Å². The normalized spacial score (nSPS) is 17.9. The molecule has 1 aromatic carbocycles. The second-order valence-corrected chi connectivity index (χ2v) is 6.62. The van der Waals surface area contributed by atoms with Crippen molar-refractivity contribution in [2.75, 3.05) is 6.54 Å². The van der Waals surface area contributed by atoms with Crippen LogP contribution in [0.25, 0.3) is 0 Å². The Balaban J connectivity index is 1.68. The van der Waals surface area contributed by atoms with Crippen molar-refractivity contribution in [3.05, 3.63) is 51.8 Å². The zero-order valence-electron chi connectivity index (χ0n) is 12.7. The lowest BCUT2D eigenvalue weighted by molar-refractivity contribution is 0.0723. The van der Waals surface area contributed by atoms with Crippen LogP contribution in [0.5, 0.6) is 0 Å². The Hall–Kier alpha value is -1.62. The smallest absolute Gasteiger partial charge is 0.275 e. The first-order valence-electron chi connectivity index (χ1n) is 7.72. The molecule has 1 N–H and O–H groups in total. The van der Waals surface area contributed by atoms with Crippen molar-refractivity contribution in [3.8, 4) is 0 Å². The number of benzene rings is 1. The Morgan fingerprint density at radius 2 is 2.18 bits per heavy atom. The van der Waals surface area contributed by atoms with Gasteiger partial charge in [0, 0.05) is 18.3 Å². The lowest BCUT2D eigenvalue weighted by Crippen LogP contribution is -2.36. The molecule has 0 radical (unpaired) electrons. The number of H-pyrrole nitrogens is 1. The van der Waals surface area contributed by atoms with Crippen molar-refractivity contribution < 1.29 is 4.79 Å². The van der Waals surface area contributed by atoms with E-state index in [1.165, 1.54) is 5.56 Å². The first kappa shape index (κ1) is 15.3. The summed E-state index contributed by atoms with van der Waals surface area (Å²) in [6, 6.07) is 10.8. The summed E-state index contributed by atoms with van der Waals surface area (Å²) in [5.41, 5.74) is 2.73. The number of carbonyl (C=O) groups excluding carboxylic acids is 1. The van der Waals surface area contributed by atoms with E-state index in [1.54, 1.807) is 0 Å². The molecule has 4 nitrogen and oxygen atoms in total. The fourth-order valence-corrected chi connectivity index (χ4v) is 3.42. The molecule has 1 fully saturated rings. The second kappa shape index (κ2) is 6.65. The van der Waals surface area contributed by atoms with E-state index in [2.05, 4.69) is 50.4 Å². The molecule has 116 valence electrons. The van der Waals surface area contributed by atoms with Crippen LogP contribution in [0.3, 0.4) is 0 Å². The number of hydrogen-bond donors (Lipinski definition) is 1. The Bertz CT molecular complexity index is 653. The highest BCUT2D eigenvalue weighted by atomic mass is 79.9. The molecule has 1 saturated heterocycles. The summed E-state index contributed by atoms with van der Waals surface area (Å²) in [6.45, 7) is 2.74. The van der Waals surface area contributed by atoms with E-state index in [9.17, 15) is 4.79 Å². The predicted molar refractivity (Wildman–Crippen MR) is 89.8 cm³/mol. The summed E-state index contributed by atoms with van der Waals surface area (Å²) in [5, 5.41) is 7.02. The summed E-state index contributed by atoms with van der Waals surface area (Å²) < 4.78 is 0.784. The van der Waals surface area contributed by atoms with Crippen LogP contribution in [0.2, 0.25) is 0 Å². The first-order valence-corrected chi connectivity index (χ1v) is 8.51. The van der Waals surface area contributed by atoms with Crippen LogP contribution in [0.1, 0.15) is 41.0 Å². The number of rotatable bonds is 4. The molecule has 1 aliphatic rings. The van der Waals surface area contributed by atoms with Crippen LogP contribution in [-0.4, -0.2) is 33.6 Å². The van der Waals surface area contributed by atoms with Gasteiger partial charge >= 0.3 is 0 Å². The molecule has 1 aliphatic heterocycles. The van der Waals surface area contributed by atoms with Crippen LogP contribution in [-0.2, 0) is 6.42 Å². The maximum atomic E-state index is 12.7. The van der Waals surface area contributed by atoms with Crippen molar-refractivity contribution in [2.24, 2.45) is 0 Å². The lowest BCUT2D eigenvalue weighted by atomic mass is 10.0. The molecule has 1 unspecified atom stereocenters. The van der Waals surface area contributed by atoms with Crippen molar-refractivity contribution in [2.45, 2.75) is 38.6 Å². The van der Waals surface area contributed by atoms with Crippen molar-refractivity contribution in [1.82, 2.24) is 15.1 Å². The van der Waals surface area contributed by atoms with Crippen LogP contribution >= 0.6 is 15.9 Å². The number of likely N-dealkylation sites (tertiary alicyclic amines) is 1. The molecule has 1 aromatic heterocycles. The monoisotopic (exact) mass is 361 g/mol. The number of carbonyl (C=O) groups is 1. The summed E-state index contributed by atoms with van der Waals surface area (Å²) in [5.74, 6) is 0.0341. The van der Waals surface area contributed by atoms with Crippen LogP contribution in [0.4, 0.5) is 0 Å². The molecule has 0 aliphatic carbocycles. The molecule has 1 atom stereocenters. The minimum Gasteiger partial charge on any atom is -0.334 e. The van der Waals surface area contributed by atoms with E-state index in [1.807, 2.05) is 17.9 Å². The van der Waals surface area contributed by atoms with Crippen LogP contribution in [0.15, 0.2) is 34.8 Å². The van der Waals surface area contributed by atoms with Gasteiger partial charge in [-0.2, -0.15) is 5.10 Å². The fourth-order valence-electron chi connectivity index (χ4n) is 3.07. The zero-order chi connectivity index (χ0) is 15.5. The number of hydrogen-bond acceptors (Lipinski definition) is 2. The van der Waals surface area contributed by atoms with Gasteiger partial charge in [-0.15, -0.1) is 0 Å². The highest BCUT2D eigenvalue weighted by molar-refractivity contribution is 9.10. The largest absolute Gasteiger partial charge is 0.334 e. The van der Waals surface area contributed by atoms with E-state index >= 15 is 0 Å². The molecule has 3 rings (SSSR count). The lowest BCUT2D eigenvalue weighted by Gasteiger charge is -2.24. The molecule has 2 aromatic rings. The fraction of sp³-hybridized carbons (Fsp3) is 0.412. The maximum absolute atomic E-state index is 12.7. The van der Waals surface area contributed by atoms with Crippen molar-refractivity contribution in [1.29, 1.82) is 0 Å². The van der Waals surface area contributed by atoms with Gasteiger partial charge in [-0.1, -0.05) is 30.3 Å². The molecular formula is C17H20BrN3O. The molecular weight excluding hydrogens is 342 g/mol. The molecule has 22 heavy (non-hydrogen) atoms. The topological polar surface area (TPSA) is 49.0 Å². The number of halogens is 1. The highest BCUT2D eigenvalue weighted by Crippen LogP contribution is 2.26. The predicted octanol–water partition coefficient (Wildman–Crippen LogP) is 3.72. The van der Waals surface area contributed by atoms with E-state index in [4.69, 9.17) is 0 Å². The average molecular weight is 362 g/mol. The van der Waals surface area contributed by atoms with E-state index in [0.717, 1.165) is 42.4 Å². The summed E-state index contributed by atoms with van der Waals surface area (Å²) in [7, 11) is 0. The first-order chi connectivity index (χ1) is 10.7. The van der Waals surface area contributed by atoms with Gasteiger partial charge < -0.3 is 4.90 Å². The SMILES string of the molecule is Cc1[nH]nc(C(=O)N2CCCC2CCc2ccccc2)c1Br. The Kier molecular flexibility index (Phi) is 4.62. The number of nitrogens with zero attached hydrogens (tertiary/aromatic N) is 2. The Morgan fingerprint density at radius 1 is 1.41 bits per heavy atom. The Morgan fingerprint density at radius 3 is 2.86 bits per heavy atom. The van der Waals surface area contributed by atoms with Gasteiger partial charge in [0.2, 0.25) is 0 Å². The summed E-state index contributed by atoms with van der Waals surface area (Å²) in [4.78, 5) is 14.7. The standard InChI is InChI=1S/C17H20BrN3O/c1-12-15(18)16(20-19-12)17(22)21-11-5-8-14(21)10-9-13-6-3-2-4-7-13/h2-4,6-7,14H,5,8-11H2,1H3,(H,19,20). The quantitative estimate of drug-likeness (QED) is 0.901. The van der Waals surface area contributed by atoms with E-state index in [-0.39, 0.29) is 5.91 Å². The molecule has 1 amide bonds. The molecule has 0 spiro atoms. The van der Waals surface area contributed by atoms with E-state index in [0.29, 0.717) is 11.7 Å². The minimum absolute atomic E-state index is 0.0341. The number of aromatic nitrogens is 2. The Labute approximate surface area is 139 Å². The van der Waals surface area contributed by atoms with Gasteiger partial charge in [0.1, 0.15) is 0 Å². The minimum atomic E-state index is 0.0341. The maximum Gasteiger partial charge on any atom is 0.275 e. The van der Waals surface area contributed by atoms with Gasteiger partial charge in [0.25, 0.3) is 5.91 Å². The average Bonchev–Trinajstić information content (AvgIpc) is 3.14. The van der Waals surface area contributed by atoms with Crippen LogP contribution < -0.4 is 0 Å². The third-order valence-corrected chi connectivity index (χ3v) is 5.29. The third kappa shape index (κ3) is 3.09. The molecule has 0 saturated carbocycles.